The fourth-order valence-electron chi connectivity index (χ4n) is 3.54. The normalized spacial score (nSPS) is 11.3. The van der Waals surface area contributed by atoms with Crippen molar-refractivity contribution in [2.24, 2.45) is 0 Å². The van der Waals surface area contributed by atoms with Gasteiger partial charge in [-0.15, -0.1) is 0 Å². The van der Waals surface area contributed by atoms with Gasteiger partial charge in [0.05, 0.1) is 16.9 Å². The van der Waals surface area contributed by atoms with Gasteiger partial charge < -0.3 is 9.81 Å². The molecule has 0 fully saturated rings. The number of hydrogen-bond acceptors (Lipinski definition) is 7. The van der Waals surface area contributed by atoms with Crippen molar-refractivity contribution in [1.82, 2.24) is 0 Å². The van der Waals surface area contributed by atoms with Crippen molar-refractivity contribution >= 4 is 46.5 Å². The van der Waals surface area contributed by atoms with E-state index in [0.29, 0.717) is 5.56 Å². The number of hydrogen-bond donors (Lipinski definition) is 0. The Bertz CT molecular complexity index is 1490. The molecule has 4 aromatic carbocycles. The molecule has 0 N–H and O–H groups in total. The molecule has 0 amide bonds. The van der Waals surface area contributed by atoms with Gasteiger partial charge >= 0.3 is 59.1 Å². The molecule has 0 saturated carbocycles. The number of rotatable bonds is 9. The van der Waals surface area contributed by atoms with Crippen LogP contribution >= 0.6 is 12.0 Å². The molecule has 0 aromatic heterocycles. The van der Waals surface area contributed by atoms with Gasteiger partial charge in [0.1, 0.15) is 10.1 Å². The number of benzene rings is 4. The van der Waals surface area contributed by atoms with Crippen molar-refractivity contribution in [1.29, 1.82) is 0 Å². The summed E-state index contributed by atoms with van der Waals surface area (Å²) >= 11 is 0.855. The molecule has 38 heavy (non-hydrogen) atoms. The van der Waals surface area contributed by atoms with Crippen LogP contribution in [0.1, 0.15) is 22.3 Å². The Kier molecular flexibility index (Phi) is 13.7. The third-order valence-electron chi connectivity index (χ3n) is 5.32. The molecule has 0 unspecified atom stereocenters. The van der Waals surface area contributed by atoms with E-state index in [0.717, 1.165) is 44.8 Å². The first kappa shape index (κ1) is 32.7. The van der Waals surface area contributed by atoms with Gasteiger partial charge in [-0.2, -0.15) is 4.33 Å². The summed E-state index contributed by atoms with van der Waals surface area (Å²) in [5.41, 5.74) is 5.20. The zero-order valence-electron chi connectivity index (χ0n) is 20.8. The third kappa shape index (κ3) is 9.31. The van der Waals surface area contributed by atoms with E-state index < -0.39 is 10.1 Å². The molecule has 0 atom stereocenters. The van der Waals surface area contributed by atoms with Crippen LogP contribution < -0.4 is 64.4 Å². The van der Waals surface area contributed by atoms with Gasteiger partial charge in [0.25, 0.3) is 0 Å². The van der Waals surface area contributed by atoms with E-state index in [9.17, 15) is 18.2 Å². The second-order valence-electron chi connectivity index (χ2n) is 7.66. The van der Waals surface area contributed by atoms with Crippen LogP contribution in [-0.2, 0) is 19.5 Å². The molecule has 4 rings (SSSR count). The molecule has 182 valence electrons. The average molecular weight is 563 g/mol. The van der Waals surface area contributed by atoms with Gasteiger partial charge in [-0.1, -0.05) is 109 Å². The van der Waals surface area contributed by atoms with Crippen molar-refractivity contribution < 1.29 is 86.7 Å². The minimum Gasteiger partial charge on any atom is -0.744 e. The minimum absolute atomic E-state index is 0. The summed E-state index contributed by atoms with van der Waals surface area (Å²) in [5, 5.41) is 13.5. The van der Waals surface area contributed by atoms with Crippen molar-refractivity contribution in [2.75, 3.05) is 0 Å². The second kappa shape index (κ2) is 15.9. The van der Waals surface area contributed by atoms with Crippen molar-refractivity contribution in [3.8, 4) is 11.1 Å². The summed E-state index contributed by atoms with van der Waals surface area (Å²) in [4.78, 5) is 0.521. The molecule has 0 saturated heterocycles. The SMILES string of the molecule is O=S(=O)([O-])c1ccccc1/C=C/c1ccc(-c2ccc(/C=C/c3ccccc3SOO[O-])cc2)cc1.[Na+].[Na+]. The largest absolute Gasteiger partial charge is 1.00 e. The summed E-state index contributed by atoms with van der Waals surface area (Å²) in [5.74, 6) is 0. The van der Waals surface area contributed by atoms with Crippen molar-refractivity contribution in [2.45, 2.75) is 9.79 Å². The van der Waals surface area contributed by atoms with Gasteiger partial charge in [0, 0.05) is 4.90 Å². The summed E-state index contributed by atoms with van der Waals surface area (Å²) in [7, 11) is -4.54. The van der Waals surface area contributed by atoms with E-state index in [2.05, 4.69) is 9.37 Å². The molecule has 0 radical (unpaired) electrons. The van der Waals surface area contributed by atoms with E-state index >= 15 is 0 Å². The summed E-state index contributed by atoms with van der Waals surface area (Å²) in [6, 6.07) is 29.5. The first-order valence-corrected chi connectivity index (χ1v) is 12.9. The smallest absolute Gasteiger partial charge is 0.744 e. The Hall–Kier alpha value is -1.50. The van der Waals surface area contributed by atoms with Gasteiger partial charge in [0.15, 0.2) is 0 Å². The van der Waals surface area contributed by atoms with E-state index in [1.165, 1.54) is 12.1 Å². The fraction of sp³-hybridized carbons (Fsp3) is 0. The molecule has 0 aliphatic heterocycles. The average Bonchev–Trinajstić information content (AvgIpc) is 2.90. The van der Waals surface area contributed by atoms with Crippen LogP contribution in [0.15, 0.2) is 107 Å². The Morgan fingerprint density at radius 1 is 0.632 bits per heavy atom. The van der Waals surface area contributed by atoms with Gasteiger partial charge in [-0.05, 0) is 45.5 Å². The maximum atomic E-state index is 11.4. The van der Waals surface area contributed by atoms with Crippen LogP contribution in [0.4, 0.5) is 0 Å². The zero-order chi connectivity index (χ0) is 25.4. The molecule has 4 aromatic rings. The van der Waals surface area contributed by atoms with E-state index in [-0.39, 0.29) is 64.0 Å². The summed E-state index contributed by atoms with van der Waals surface area (Å²) in [6.07, 6.45) is 7.29. The third-order valence-corrected chi connectivity index (χ3v) is 6.91. The topological polar surface area (TPSA) is 98.7 Å². The Morgan fingerprint density at radius 2 is 1.11 bits per heavy atom. The molecule has 0 aliphatic rings. The molecule has 10 heteroatoms. The molecular formula is C28H20Na2O6S2. The first-order valence-electron chi connectivity index (χ1n) is 10.8. The van der Waals surface area contributed by atoms with Crippen molar-refractivity contribution in [3.63, 3.8) is 0 Å². The van der Waals surface area contributed by atoms with Gasteiger partial charge in [-0.25, -0.2) is 8.42 Å². The Balaban J connectivity index is 0.00000253. The van der Waals surface area contributed by atoms with Gasteiger partial charge in [0.2, 0.25) is 0 Å². The molecule has 0 bridgehead atoms. The van der Waals surface area contributed by atoms with E-state index in [1.807, 2.05) is 84.9 Å². The molecule has 0 aliphatic carbocycles. The van der Waals surface area contributed by atoms with Crippen LogP contribution in [0.25, 0.3) is 35.4 Å². The first-order chi connectivity index (χ1) is 17.4. The predicted molar refractivity (Wildman–Crippen MR) is 139 cm³/mol. The maximum Gasteiger partial charge on any atom is 1.00 e. The monoisotopic (exact) mass is 562 g/mol. The minimum atomic E-state index is -4.54. The van der Waals surface area contributed by atoms with E-state index in [4.69, 9.17) is 0 Å². The van der Waals surface area contributed by atoms with Crippen LogP contribution in [0.2, 0.25) is 0 Å². The quantitative estimate of drug-likeness (QED) is 0.0698. The standard InChI is InChI=1S/C28H22O6S2.2Na/c29-33-34-35-27-7-3-1-5-25(27)19-13-21-9-15-23(16-10-21)24-17-11-22(12-18-24)14-20-26-6-2-4-8-28(26)36(30,31)32;;/h1-20,29H,(H,30,31,32);;/q;2*+1/p-2/b19-13+,20-14+;;. The van der Waals surface area contributed by atoms with Gasteiger partial charge in [-0.3, -0.25) is 5.04 Å². The second-order valence-corrected chi connectivity index (χ2v) is 9.75. The zero-order valence-corrected chi connectivity index (χ0v) is 26.4. The van der Waals surface area contributed by atoms with Crippen LogP contribution in [0.5, 0.6) is 0 Å². The summed E-state index contributed by atoms with van der Waals surface area (Å²) in [6.45, 7) is 0. The summed E-state index contributed by atoms with van der Waals surface area (Å²) < 4.78 is 38.8. The molecule has 0 spiro atoms. The van der Waals surface area contributed by atoms with Crippen molar-refractivity contribution in [3.05, 3.63) is 119 Å². The fourth-order valence-corrected chi connectivity index (χ4v) is 4.67. The molecule has 0 heterocycles. The van der Waals surface area contributed by atoms with E-state index in [1.54, 1.807) is 24.3 Å². The molecular weight excluding hydrogens is 542 g/mol. The molecule has 6 nitrogen and oxygen atoms in total. The van der Waals surface area contributed by atoms with Crippen LogP contribution in [-0.4, -0.2) is 13.0 Å². The predicted octanol–water partition coefficient (Wildman–Crippen LogP) is -0.163. The maximum absolute atomic E-state index is 11.4. The van der Waals surface area contributed by atoms with Crippen LogP contribution in [0.3, 0.4) is 0 Å². The van der Waals surface area contributed by atoms with Crippen LogP contribution in [0, 0.1) is 0 Å². The Labute approximate surface area is 270 Å². The Morgan fingerprint density at radius 3 is 1.63 bits per heavy atom.